The quantitative estimate of drug-likeness (QED) is 0.690. The second-order valence-corrected chi connectivity index (χ2v) is 3.87. The van der Waals surface area contributed by atoms with Crippen molar-refractivity contribution in [3.05, 3.63) is 30.1 Å². The molecule has 0 saturated carbocycles. The van der Waals surface area contributed by atoms with Crippen LogP contribution in [0, 0.1) is 0 Å². The molecule has 0 aromatic carbocycles. The molecule has 15 heavy (non-hydrogen) atoms. The van der Waals surface area contributed by atoms with Gasteiger partial charge in [-0.2, -0.15) is 5.10 Å². The number of hydrazone groups is 1. The van der Waals surface area contributed by atoms with Crippen molar-refractivity contribution in [2.75, 3.05) is 13.1 Å². The molecule has 1 aliphatic heterocycles. The van der Waals surface area contributed by atoms with Gasteiger partial charge < -0.3 is 0 Å². The van der Waals surface area contributed by atoms with Gasteiger partial charge in [-0.25, -0.2) is 0 Å². The summed E-state index contributed by atoms with van der Waals surface area (Å²) in [5.74, 6) is 0. The van der Waals surface area contributed by atoms with Crippen molar-refractivity contribution in [1.29, 1.82) is 0 Å². The van der Waals surface area contributed by atoms with Gasteiger partial charge in [0.05, 0.1) is 11.9 Å². The van der Waals surface area contributed by atoms with Gasteiger partial charge in [0.1, 0.15) is 0 Å². The summed E-state index contributed by atoms with van der Waals surface area (Å²) in [6, 6.07) is 5.88. The molecule has 0 aliphatic carbocycles. The number of aromatic nitrogens is 1. The molecule has 0 amide bonds. The van der Waals surface area contributed by atoms with Gasteiger partial charge in [0.2, 0.25) is 0 Å². The Kier molecular flexibility index (Phi) is 3.71. The summed E-state index contributed by atoms with van der Waals surface area (Å²) in [6.07, 6.45) is 8.86. The Balaban J connectivity index is 1.92. The Morgan fingerprint density at radius 2 is 1.93 bits per heavy atom. The molecule has 1 saturated heterocycles. The maximum absolute atomic E-state index is 4.46. The van der Waals surface area contributed by atoms with Crippen LogP contribution in [0.3, 0.4) is 0 Å². The summed E-state index contributed by atoms with van der Waals surface area (Å²) in [4.78, 5) is 4.21. The molecule has 1 aromatic heterocycles. The summed E-state index contributed by atoms with van der Waals surface area (Å²) < 4.78 is 0. The molecule has 0 spiro atoms. The molecule has 0 unspecified atom stereocenters. The van der Waals surface area contributed by atoms with Crippen LogP contribution in [0.5, 0.6) is 0 Å². The minimum atomic E-state index is 0.932. The van der Waals surface area contributed by atoms with Crippen LogP contribution in [0.4, 0.5) is 0 Å². The first-order valence-electron chi connectivity index (χ1n) is 5.65. The minimum absolute atomic E-state index is 0.932. The Labute approximate surface area is 90.8 Å². The second kappa shape index (κ2) is 5.49. The fourth-order valence-electron chi connectivity index (χ4n) is 1.76. The molecule has 1 fully saturated rings. The normalized spacial score (nSPS) is 18.0. The van der Waals surface area contributed by atoms with Crippen molar-refractivity contribution >= 4 is 6.21 Å². The fourth-order valence-corrected chi connectivity index (χ4v) is 1.76. The van der Waals surface area contributed by atoms with E-state index in [1.54, 1.807) is 6.20 Å². The lowest BCUT2D eigenvalue weighted by atomic mass is 10.2. The van der Waals surface area contributed by atoms with Crippen LogP contribution < -0.4 is 0 Å². The Morgan fingerprint density at radius 1 is 1.13 bits per heavy atom. The second-order valence-electron chi connectivity index (χ2n) is 3.87. The Morgan fingerprint density at radius 3 is 2.60 bits per heavy atom. The van der Waals surface area contributed by atoms with Gasteiger partial charge >= 0.3 is 0 Å². The van der Waals surface area contributed by atoms with Gasteiger partial charge in [0.15, 0.2) is 0 Å². The SMILES string of the molecule is C(=N\N1CCCCCC1)/c1ccccn1. The molecular formula is C12H17N3. The van der Waals surface area contributed by atoms with Crippen molar-refractivity contribution < 1.29 is 0 Å². The highest BCUT2D eigenvalue weighted by Crippen LogP contribution is 2.09. The van der Waals surface area contributed by atoms with Gasteiger partial charge in [-0.3, -0.25) is 9.99 Å². The van der Waals surface area contributed by atoms with Crippen LogP contribution in [0.25, 0.3) is 0 Å². The summed E-state index contributed by atoms with van der Waals surface area (Å²) in [5.41, 5.74) is 0.932. The molecule has 2 heterocycles. The lowest BCUT2D eigenvalue weighted by molar-refractivity contribution is 0.302. The van der Waals surface area contributed by atoms with E-state index >= 15 is 0 Å². The maximum Gasteiger partial charge on any atom is 0.0830 e. The van der Waals surface area contributed by atoms with Gasteiger partial charge in [-0.1, -0.05) is 18.9 Å². The molecule has 1 aromatic rings. The predicted octanol–water partition coefficient (Wildman–Crippen LogP) is 2.29. The molecule has 0 radical (unpaired) electrons. The first-order chi connectivity index (χ1) is 7.45. The number of pyridine rings is 1. The third kappa shape index (κ3) is 3.35. The highest BCUT2D eigenvalue weighted by atomic mass is 15.4. The average molecular weight is 203 g/mol. The molecule has 0 atom stereocenters. The average Bonchev–Trinajstić information content (AvgIpc) is 2.56. The van der Waals surface area contributed by atoms with E-state index < -0.39 is 0 Å². The number of rotatable bonds is 2. The summed E-state index contributed by atoms with van der Waals surface area (Å²) >= 11 is 0. The third-order valence-corrected chi connectivity index (χ3v) is 2.62. The van der Waals surface area contributed by atoms with Crippen molar-refractivity contribution in [3.63, 3.8) is 0 Å². The lowest BCUT2D eigenvalue weighted by Crippen LogP contribution is -2.18. The van der Waals surface area contributed by atoms with E-state index in [4.69, 9.17) is 0 Å². The van der Waals surface area contributed by atoms with Crippen molar-refractivity contribution in [2.24, 2.45) is 5.10 Å². The van der Waals surface area contributed by atoms with Crippen LogP contribution in [-0.4, -0.2) is 29.3 Å². The van der Waals surface area contributed by atoms with E-state index in [1.807, 2.05) is 24.4 Å². The van der Waals surface area contributed by atoms with Crippen molar-refractivity contribution in [1.82, 2.24) is 9.99 Å². The monoisotopic (exact) mass is 203 g/mol. The van der Waals surface area contributed by atoms with E-state index in [0.717, 1.165) is 18.8 Å². The summed E-state index contributed by atoms with van der Waals surface area (Å²) in [5, 5.41) is 6.61. The summed E-state index contributed by atoms with van der Waals surface area (Å²) in [7, 11) is 0. The maximum atomic E-state index is 4.46. The molecule has 2 rings (SSSR count). The smallest absolute Gasteiger partial charge is 0.0830 e. The van der Waals surface area contributed by atoms with E-state index in [2.05, 4.69) is 15.1 Å². The van der Waals surface area contributed by atoms with Crippen LogP contribution in [0.1, 0.15) is 31.4 Å². The highest BCUT2D eigenvalue weighted by molar-refractivity contribution is 5.76. The lowest BCUT2D eigenvalue weighted by Gasteiger charge is -2.14. The van der Waals surface area contributed by atoms with Gasteiger partial charge in [0, 0.05) is 19.3 Å². The first kappa shape index (κ1) is 10.1. The fraction of sp³-hybridized carbons (Fsp3) is 0.500. The highest BCUT2D eigenvalue weighted by Gasteiger charge is 2.04. The van der Waals surface area contributed by atoms with Gasteiger partial charge in [-0.15, -0.1) is 0 Å². The molecule has 0 bridgehead atoms. The largest absolute Gasteiger partial charge is 0.297 e. The van der Waals surface area contributed by atoms with E-state index in [0.29, 0.717) is 0 Å². The van der Waals surface area contributed by atoms with Crippen molar-refractivity contribution in [2.45, 2.75) is 25.7 Å². The van der Waals surface area contributed by atoms with Crippen LogP contribution >= 0.6 is 0 Å². The first-order valence-corrected chi connectivity index (χ1v) is 5.65. The Bertz CT molecular complexity index is 300. The standard InChI is InChI=1S/C12H17N3/c1-2-6-10-15(9-5-1)14-11-12-7-3-4-8-13-12/h3-4,7-8,11H,1-2,5-6,9-10H2/b14-11+. The minimum Gasteiger partial charge on any atom is -0.297 e. The van der Waals surface area contributed by atoms with Gasteiger partial charge in [0.25, 0.3) is 0 Å². The number of hydrogen-bond donors (Lipinski definition) is 0. The molecule has 0 N–H and O–H groups in total. The number of hydrogen-bond acceptors (Lipinski definition) is 3. The molecule has 3 heteroatoms. The van der Waals surface area contributed by atoms with Crippen LogP contribution in [0.2, 0.25) is 0 Å². The van der Waals surface area contributed by atoms with Crippen LogP contribution in [-0.2, 0) is 0 Å². The zero-order valence-corrected chi connectivity index (χ0v) is 8.97. The molecular weight excluding hydrogens is 186 g/mol. The van der Waals surface area contributed by atoms with E-state index in [-0.39, 0.29) is 0 Å². The zero-order chi connectivity index (χ0) is 10.3. The Hall–Kier alpha value is -1.38. The molecule has 3 nitrogen and oxygen atoms in total. The molecule has 80 valence electrons. The molecule has 1 aliphatic rings. The van der Waals surface area contributed by atoms with Crippen LogP contribution in [0.15, 0.2) is 29.5 Å². The van der Waals surface area contributed by atoms with E-state index in [1.165, 1.54) is 25.7 Å². The predicted molar refractivity (Wildman–Crippen MR) is 61.9 cm³/mol. The summed E-state index contributed by atoms with van der Waals surface area (Å²) in [6.45, 7) is 2.17. The topological polar surface area (TPSA) is 28.5 Å². The van der Waals surface area contributed by atoms with E-state index in [9.17, 15) is 0 Å². The van der Waals surface area contributed by atoms with Crippen molar-refractivity contribution in [3.8, 4) is 0 Å². The number of nitrogens with zero attached hydrogens (tertiary/aromatic N) is 3. The van der Waals surface area contributed by atoms with Gasteiger partial charge in [-0.05, 0) is 25.0 Å². The third-order valence-electron chi connectivity index (χ3n) is 2.62. The zero-order valence-electron chi connectivity index (χ0n) is 8.97.